The summed E-state index contributed by atoms with van der Waals surface area (Å²) in [4.78, 5) is 12.8. The van der Waals surface area contributed by atoms with Gasteiger partial charge in [0.2, 0.25) is 5.78 Å². The van der Waals surface area contributed by atoms with Crippen molar-refractivity contribution in [2.45, 2.75) is 12.8 Å². The summed E-state index contributed by atoms with van der Waals surface area (Å²) < 4.78 is 46.2. The molecule has 0 spiro atoms. The molecular formula is C25H17F3O5. The number of aromatic hydroxyl groups is 2. The van der Waals surface area contributed by atoms with Crippen molar-refractivity contribution < 1.29 is 37.7 Å². The van der Waals surface area contributed by atoms with E-state index in [2.05, 4.69) is 4.74 Å². The minimum absolute atomic E-state index is 0.00550. The molecule has 2 N–H and O–H groups in total. The highest BCUT2D eigenvalue weighted by atomic mass is 19.4. The molecule has 1 aliphatic heterocycles. The number of hydrogen-bond donors (Lipinski definition) is 2. The zero-order valence-corrected chi connectivity index (χ0v) is 17.0. The van der Waals surface area contributed by atoms with E-state index in [0.717, 1.165) is 17.7 Å². The van der Waals surface area contributed by atoms with Crippen molar-refractivity contribution in [1.29, 1.82) is 0 Å². The van der Waals surface area contributed by atoms with Crippen molar-refractivity contribution in [1.82, 2.24) is 0 Å². The second kappa shape index (κ2) is 8.74. The number of Topliss-reactive ketones (excluding diaryl/α,β-unsaturated/α-hetero) is 1. The zero-order chi connectivity index (χ0) is 23.6. The van der Waals surface area contributed by atoms with Crippen LogP contribution in [0.3, 0.4) is 0 Å². The molecule has 5 nitrogen and oxygen atoms in total. The lowest BCUT2D eigenvalue weighted by Gasteiger charge is -2.08. The second-order valence-electron chi connectivity index (χ2n) is 7.17. The van der Waals surface area contributed by atoms with Crippen LogP contribution in [0, 0.1) is 0 Å². The largest absolute Gasteiger partial charge is 0.573 e. The maximum Gasteiger partial charge on any atom is 0.573 e. The first-order valence-electron chi connectivity index (χ1n) is 9.81. The Kier molecular flexibility index (Phi) is 5.83. The van der Waals surface area contributed by atoms with E-state index in [1.165, 1.54) is 24.3 Å². The molecule has 0 saturated heterocycles. The standard InChI is InChI=1S/C25H17F3O5/c26-25(27,28)33-17-11-9-16(10-12-17)13-21-24(31)22-20(32-21)14-19(29)18(23(22)30)8-4-7-15-5-2-1-3-6-15/h1-7,9-14,29-30H,8H2/b7-4+,21-13+. The van der Waals surface area contributed by atoms with Gasteiger partial charge in [-0.15, -0.1) is 13.2 Å². The van der Waals surface area contributed by atoms with Gasteiger partial charge in [0, 0.05) is 11.6 Å². The molecule has 168 valence electrons. The van der Waals surface area contributed by atoms with Gasteiger partial charge in [-0.05, 0) is 35.8 Å². The summed E-state index contributed by atoms with van der Waals surface area (Å²) in [6.07, 6.45) is 0.262. The monoisotopic (exact) mass is 454 g/mol. The highest BCUT2D eigenvalue weighted by Crippen LogP contribution is 2.44. The molecule has 4 rings (SSSR count). The molecule has 0 radical (unpaired) electrons. The van der Waals surface area contributed by atoms with Crippen LogP contribution >= 0.6 is 0 Å². The van der Waals surface area contributed by atoms with E-state index in [0.29, 0.717) is 5.56 Å². The molecule has 0 saturated carbocycles. The van der Waals surface area contributed by atoms with E-state index in [1.807, 2.05) is 36.4 Å². The highest BCUT2D eigenvalue weighted by Gasteiger charge is 2.33. The van der Waals surface area contributed by atoms with E-state index in [1.54, 1.807) is 6.08 Å². The summed E-state index contributed by atoms with van der Waals surface area (Å²) in [5.41, 5.74) is 1.41. The van der Waals surface area contributed by atoms with Crippen LogP contribution in [0.15, 0.2) is 72.5 Å². The predicted molar refractivity (Wildman–Crippen MR) is 115 cm³/mol. The summed E-state index contributed by atoms with van der Waals surface area (Å²) in [6.45, 7) is 0. The van der Waals surface area contributed by atoms with Crippen LogP contribution in [0.25, 0.3) is 12.2 Å². The Hall–Kier alpha value is -4.20. The third kappa shape index (κ3) is 5.01. The van der Waals surface area contributed by atoms with Crippen LogP contribution in [-0.4, -0.2) is 22.4 Å². The molecule has 3 aromatic carbocycles. The van der Waals surface area contributed by atoms with Gasteiger partial charge in [-0.2, -0.15) is 0 Å². The predicted octanol–water partition coefficient (Wildman–Crippen LogP) is 5.87. The van der Waals surface area contributed by atoms with Gasteiger partial charge in [0.15, 0.2) is 5.76 Å². The maximum atomic E-state index is 12.8. The van der Waals surface area contributed by atoms with Crippen LogP contribution in [-0.2, 0) is 6.42 Å². The van der Waals surface area contributed by atoms with Gasteiger partial charge in [0.05, 0.1) is 0 Å². The number of ether oxygens (including phenoxy) is 2. The van der Waals surface area contributed by atoms with Gasteiger partial charge in [-0.1, -0.05) is 54.6 Å². The van der Waals surface area contributed by atoms with Crippen molar-refractivity contribution in [3.8, 4) is 23.0 Å². The first kappa shape index (κ1) is 22.0. The zero-order valence-electron chi connectivity index (χ0n) is 17.0. The van der Waals surface area contributed by atoms with Gasteiger partial charge in [-0.25, -0.2) is 0 Å². The number of phenols is 2. The summed E-state index contributed by atoms with van der Waals surface area (Å²) in [5, 5.41) is 21.0. The van der Waals surface area contributed by atoms with Crippen LogP contribution in [0.5, 0.6) is 23.0 Å². The van der Waals surface area contributed by atoms with Crippen molar-refractivity contribution >= 4 is 17.9 Å². The van der Waals surface area contributed by atoms with Gasteiger partial charge in [0.1, 0.15) is 28.6 Å². The lowest BCUT2D eigenvalue weighted by Crippen LogP contribution is -2.16. The van der Waals surface area contributed by atoms with Gasteiger partial charge >= 0.3 is 6.36 Å². The smallest absolute Gasteiger partial charge is 0.507 e. The molecule has 33 heavy (non-hydrogen) atoms. The van der Waals surface area contributed by atoms with E-state index < -0.39 is 17.9 Å². The van der Waals surface area contributed by atoms with Crippen molar-refractivity contribution in [2.75, 3.05) is 0 Å². The number of phenolic OH excluding ortho intramolecular Hbond substituents is 2. The molecule has 0 bridgehead atoms. The van der Waals surface area contributed by atoms with Crippen LogP contribution in [0.4, 0.5) is 13.2 Å². The SMILES string of the molecule is O=C1/C(=C\c2ccc(OC(F)(F)F)cc2)Oc2cc(O)c(C/C=C/c3ccccc3)c(O)c21. The molecule has 0 amide bonds. The Labute approximate surface area is 186 Å². The minimum atomic E-state index is -4.81. The van der Waals surface area contributed by atoms with Crippen molar-refractivity contribution in [2.24, 2.45) is 0 Å². The van der Waals surface area contributed by atoms with Crippen LogP contribution in [0.1, 0.15) is 27.0 Å². The molecule has 3 aromatic rings. The summed E-state index contributed by atoms with van der Waals surface area (Å²) in [6, 6.07) is 15.5. The number of alkyl halides is 3. The fraction of sp³-hybridized carbons (Fsp3) is 0.0800. The number of carbonyl (C=O) groups excluding carboxylic acids is 1. The number of halogens is 3. The molecule has 0 aliphatic carbocycles. The van der Waals surface area contributed by atoms with Crippen LogP contribution in [0.2, 0.25) is 0 Å². The number of fused-ring (bicyclic) bond motifs is 1. The van der Waals surface area contributed by atoms with Crippen molar-refractivity contribution in [3.63, 3.8) is 0 Å². The number of rotatable bonds is 5. The Morgan fingerprint density at radius 3 is 2.33 bits per heavy atom. The van der Waals surface area contributed by atoms with Crippen molar-refractivity contribution in [3.05, 3.63) is 94.8 Å². The molecular weight excluding hydrogens is 437 g/mol. The number of allylic oxidation sites excluding steroid dienone is 2. The molecule has 0 aromatic heterocycles. The fourth-order valence-electron chi connectivity index (χ4n) is 3.35. The second-order valence-corrected chi connectivity index (χ2v) is 7.17. The number of benzene rings is 3. The third-order valence-electron chi connectivity index (χ3n) is 4.86. The van der Waals surface area contributed by atoms with E-state index in [9.17, 15) is 28.2 Å². The quantitative estimate of drug-likeness (QED) is 0.472. The van der Waals surface area contributed by atoms with Gasteiger partial charge < -0.3 is 19.7 Å². The molecule has 0 unspecified atom stereocenters. The highest BCUT2D eigenvalue weighted by molar-refractivity contribution is 6.16. The van der Waals surface area contributed by atoms with E-state index in [4.69, 9.17) is 4.74 Å². The molecule has 1 heterocycles. The Balaban J connectivity index is 1.55. The average molecular weight is 454 g/mol. The first-order chi connectivity index (χ1) is 15.7. The lowest BCUT2D eigenvalue weighted by molar-refractivity contribution is -0.274. The number of carbonyl (C=O) groups is 1. The maximum absolute atomic E-state index is 12.8. The molecule has 0 atom stereocenters. The molecule has 1 aliphatic rings. The first-order valence-corrected chi connectivity index (χ1v) is 9.81. The number of hydrogen-bond acceptors (Lipinski definition) is 5. The molecule has 0 fully saturated rings. The topological polar surface area (TPSA) is 76.0 Å². The lowest BCUT2D eigenvalue weighted by atomic mass is 10.0. The number of ketones is 1. The summed E-state index contributed by atoms with van der Waals surface area (Å²) in [5.74, 6) is -1.76. The van der Waals surface area contributed by atoms with Gasteiger partial charge in [-0.3, -0.25) is 4.79 Å². The summed E-state index contributed by atoms with van der Waals surface area (Å²) in [7, 11) is 0. The van der Waals surface area contributed by atoms with E-state index >= 15 is 0 Å². The van der Waals surface area contributed by atoms with Gasteiger partial charge in [0.25, 0.3) is 0 Å². The average Bonchev–Trinajstić information content (AvgIpc) is 3.06. The fourth-order valence-corrected chi connectivity index (χ4v) is 3.35. The summed E-state index contributed by atoms with van der Waals surface area (Å²) >= 11 is 0. The third-order valence-corrected chi connectivity index (χ3v) is 4.86. The Morgan fingerprint density at radius 1 is 0.970 bits per heavy atom. The molecule has 8 heteroatoms. The normalized spacial score (nSPS) is 14.5. The minimum Gasteiger partial charge on any atom is -0.507 e. The van der Waals surface area contributed by atoms with E-state index in [-0.39, 0.29) is 40.6 Å². The van der Waals surface area contributed by atoms with Crippen LogP contribution < -0.4 is 9.47 Å². The Morgan fingerprint density at radius 2 is 1.67 bits per heavy atom. The Bertz CT molecular complexity index is 1240.